The normalized spacial score (nSPS) is 11.5. The summed E-state index contributed by atoms with van der Waals surface area (Å²) in [5.74, 6) is -0.316. The van der Waals surface area contributed by atoms with E-state index in [4.69, 9.17) is 4.98 Å². The molecule has 0 unspecified atom stereocenters. The van der Waals surface area contributed by atoms with Crippen molar-refractivity contribution in [1.29, 1.82) is 0 Å². The molecule has 170 valence electrons. The Kier molecular flexibility index (Phi) is 7.45. The number of hydrogen-bond donors (Lipinski definition) is 0. The maximum atomic E-state index is 14.9. The Morgan fingerprint density at radius 3 is 2.30 bits per heavy atom. The molecule has 0 saturated heterocycles. The summed E-state index contributed by atoms with van der Waals surface area (Å²) in [6, 6.07) is 18.9. The van der Waals surface area contributed by atoms with E-state index in [1.54, 1.807) is 23.5 Å². The summed E-state index contributed by atoms with van der Waals surface area (Å²) in [4.78, 5) is 7.00. The topological polar surface area (TPSA) is 40.9 Å². The van der Waals surface area contributed by atoms with E-state index in [0.29, 0.717) is 11.3 Å². The maximum Gasteiger partial charge on any atom is 0.133 e. The molecule has 1 aromatic heterocycles. The van der Waals surface area contributed by atoms with Crippen LogP contribution in [-0.2, 0) is 6.42 Å². The predicted molar refractivity (Wildman–Crippen MR) is 138 cm³/mol. The summed E-state index contributed by atoms with van der Waals surface area (Å²) in [5, 5.41) is 9.64. The van der Waals surface area contributed by atoms with Crippen molar-refractivity contribution >= 4 is 38.6 Å². The highest BCUT2D eigenvalue weighted by Crippen LogP contribution is 2.32. The molecule has 0 bridgehead atoms. The lowest BCUT2D eigenvalue weighted by atomic mass is 10.0. The van der Waals surface area contributed by atoms with Crippen molar-refractivity contribution in [2.75, 3.05) is 18.0 Å². The van der Waals surface area contributed by atoms with Crippen molar-refractivity contribution in [2.24, 2.45) is 10.2 Å². The van der Waals surface area contributed by atoms with Crippen LogP contribution in [0.25, 0.3) is 21.3 Å². The van der Waals surface area contributed by atoms with E-state index in [-0.39, 0.29) is 5.82 Å². The van der Waals surface area contributed by atoms with E-state index in [9.17, 15) is 4.39 Å². The van der Waals surface area contributed by atoms with Gasteiger partial charge in [-0.25, -0.2) is 9.37 Å². The zero-order chi connectivity index (χ0) is 23.2. The fourth-order valence-electron chi connectivity index (χ4n) is 3.81. The monoisotopic (exact) mass is 460 g/mol. The smallest absolute Gasteiger partial charge is 0.133 e. The molecular weight excluding hydrogens is 431 g/mol. The van der Waals surface area contributed by atoms with Crippen molar-refractivity contribution in [3.05, 3.63) is 71.5 Å². The van der Waals surface area contributed by atoms with Crippen molar-refractivity contribution in [2.45, 2.75) is 40.0 Å². The average Bonchev–Trinajstić information content (AvgIpc) is 3.25. The highest BCUT2D eigenvalue weighted by Gasteiger charge is 2.10. The van der Waals surface area contributed by atoms with E-state index in [2.05, 4.69) is 35.9 Å². The quantitative estimate of drug-likeness (QED) is 0.234. The Bertz CT molecular complexity index is 1240. The standard InChI is InChI=1S/C27H29FN4S/c1-4-7-8-27-29-25-17-19(9-16-26(25)33-27)23-15-12-21(18-24(23)28)31-30-20-10-13-22(14-11-20)32(5-2)6-3/h9-18H,4-8H2,1-3H3/b31-30+. The lowest BCUT2D eigenvalue weighted by molar-refractivity contribution is 0.631. The number of unbranched alkanes of at least 4 members (excludes halogenated alkanes) is 1. The van der Waals surface area contributed by atoms with Crippen LogP contribution in [-0.4, -0.2) is 18.1 Å². The summed E-state index contributed by atoms with van der Waals surface area (Å²) in [7, 11) is 0. The zero-order valence-corrected chi connectivity index (χ0v) is 20.2. The first-order chi connectivity index (χ1) is 16.1. The van der Waals surface area contributed by atoms with Crippen LogP contribution in [0.15, 0.2) is 70.9 Å². The van der Waals surface area contributed by atoms with E-state index in [1.807, 2.05) is 42.5 Å². The van der Waals surface area contributed by atoms with Crippen LogP contribution >= 0.6 is 11.3 Å². The number of nitrogens with zero attached hydrogens (tertiary/aromatic N) is 4. The third-order valence-corrected chi connectivity index (χ3v) is 6.80. The van der Waals surface area contributed by atoms with E-state index in [1.165, 1.54) is 6.07 Å². The molecule has 0 N–H and O–H groups in total. The van der Waals surface area contributed by atoms with Gasteiger partial charge < -0.3 is 4.90 Å². The third kappa shape index (κ3) is 5.45. The lowest BCUT2D eigenvalue weighted by Crippen LogP contribution is -2.21. The van der Waals surface area contributed by atoms with Crippen molar-refractivity contribution in [3.63, 3.8) is 0 Å². The van der Waals surface area contributed by atoms with Crippen LogP contribution in [0, 0.1) is 5.82 Å². The number of anilines is 1. The molecule has 4 nitrogen and oxygen atoms in total. The second-order valence-electron chi connectivity index (χ2n) is 7.95. The molecule has 0 aliphatic rings. The first-order valence-electron chi connectivity index (χ1n) is 11.6. The van der Waals surface area contributed by atoms with Crippen LogP contribution in [0.5, 0.6) is 0 Å². The number of fused-ring (bicyclic) bond motifs is 1. The molecule has 0 spiro atoms. The van der Waals surface area contributed by atoms with Crippen LogP contribution < -0.4 is 4.90 Å². The molecule has 0 radical (unpaired) electrons. The Labute approximate surface area is 198 Å². The van der Waals surface area contributed by atoms with Gasteiger partial charge in [0.05, 0.1) is 26.6 Å². The zero-order valence-electron chi connectivity index (χ0n) is 19.4. The molecule has 6 heteroatoms. The van der Waals surface area contributed by atoms with Gasteiger partial charge in [0, 0.05) is 30.4 Å². The van der Waals surface area contributed by atoms with Gasteiger partial charge >= 0.3 is 0 Å². The minimum atomic E-state index is -0.316. The Morgan fingerprint density at radius 2 is 1.61 bits per heavy atom. The number of benzene rings is 3. The molecule has 0 saturated carbocycles. The van der Waals surface area contributed by atoms with Gasteiger partial charge in [-0.2, -0.15) is 10.2 Å². The predicted octanol–water partition coefficient (Wildman–Crippen LogP) is 8.71. The molecule has 1 heterocycles. The van der Waals surface area contributed by atoms with Gasteiger partial charge in [0.15, 0.2) is 0 Å². The minimum Gasteiger partial charge on any atom is -0.372 e. The first-order valence-corrected chi connectivity index (χ1v) is 12.4. The van der Waals surface area contributed by atoms with Gasteiger partial charge in [-0.05, 0) is 80.8 Å². The van der Waals surface area contributed by atoms with Gasteiger partial charge in [0.2, 0.25) is 0 Å². The molecule has 4 aromatic rings. The minimum absolute atomic E-state index is 0.316. The van der Waals surface area contributed by atoms with E-state index in [0.717, 1.165) is 64.5 Å². The molecule has 0 atom stereocenters. The van der Waals surface area contributed by atoms with Gasteiger partial charge in [0.1, 0.15) is 5.82 Å². The largest absolute Gasteiger partial charge is 0.372 e. The van der Waals surface area contributed by atoms with Gasteiger partial charge in [-0.1, -0.05) is 19.4 Å². The average molecular weight is 461 g/mol. The number of hydrogen-bond acceptors (Lipinski definition) is 5. The number of aryl methyl sites for hydroxylation is 1. The maximum absolute atomic E-state index is 14.9. The highest BCUT2D eigenvalue weighted by molar-refractivity contribution is 7.18. The molecule has 33 heavy (non-hydrogen) atoms. The number of rotatable bonds is 9. The van der Waals surface area contributed by atoms with Gasteiger partial charge in [-0.15, -0.1) is 11.3 Å². The molecule has 0 aliphatic carbocycles. The Hall–Kier alpha value is -3.12. The van der Waals surface area contributed by atoms with Crippen molar-refractivity contribution in [3.8, 4) is 11.1 Å². The van der Waals surface area contributed by atoms with Crippen LogP contribution in [0.3, 0.4) is 0 Å². The van der Waals surface area contributed by atoms with Crippen LogP contribution in [0.4, 0.5) is 21.5 Å². The number of halogens is 1. The summed E-state index contributed by atoms with van der Waals surface area (Å²) in [6.07, 6.45) is 3.28. The SMILES string of the molecule is CCCCc1nc2cc(-c3ccc(/N=N/c4ccc(N(CC)CC)cc4)cc3F)ccc2s1. The summed E-state index contributed by atoms with van der Waals surface area (Å²) in [5.41, 5.74) is 4.68. The molecular formula is C27H29FN4S. The molecule has 3 aromatic carbocycles. The van der Waals surface area contributed by atoms with Gasteiger partial charge in [0.25, 0.3) is 0 Å². The van der Waals surface area contributed by atoms with Crippen molar-refractivity contribution in [1.82, 2.24) is 4.98 Å². The molecule has 0 aliphatic heterocycles. The molecule has 0 amide bonds. The third-order valence-electron chi connectivity index (χ3n) is 5.70. The number of aromatic nitrogens is 1. The fraction of sp³-hybridized carbons (Fsp3) is 0.296. The second-order valence-corrected chi connectivity index (χ2v) is 9.06. The first kappa shape index (κ1) is 23.1. The summed E-state index contributed by atoms with van der Waals surface area (Å²) in [6.45, 7) is 8.36. The van der Waals surface area contributed by atoms with Gasteiger partial charge in [-0.3, -0.25) is 0 Å². The van der Waals surface area contributed by atoms with E-state index >= 15 is 0 Å². The second kappa shape index (κ2) is 10.7. The van der Waals surface area contributed by atoms with E-state index < -0.39 is 0 Å². The number of thiazole rings is 1. The summed E-state index contributed by atoms with van der Waals surface area (Å²) >= 11 is 1.72. The highest BCUT2D eigenvalue weighted by atomic mass is 32.1. The molecule has 4 rings (SSSR count). The lowest BCUT2D eigenvalue weighted by Gasteiger charge is -2.20. The van der Waals surface area contributed by atoms with Crippen LogP contribution in [0.1, 0.15) is 38.6 Å². The van der Waals surface area contributed by atoms with Crippen LogP contribution in [0.2, 0.25) is 0 Å². The van der Waals surface area contributed by atoms with Crippen molar-refractivity contribution < 1.29 is 4.39 Å². The fourth-order valence-corrected chi connectivity index (χ4v) is 4.80. The summed E-state index contributed by atoms with van der Waals surface area (Å²) < 4.78 is 16.1. The molecule has 0 fully saturated rings. The number of azo groups is 1. The Morgan fingerprint density at radius 1 is 0.879 bits per heavy atom. The Balaban J connectivity index is 1.51.